The van der Waals surface area contributed by atoms with Gasteiger partial charge in [0.2, 0.25) is 0 Å². The minimum Gasteiger partial charge on any atom is -0.308 e. The maximum Gasteiger partial charge on any atom is 0.0640 e. The van der Waals surface area contributed by atoms with E-state index in [2.05, 4.69) is 241 Å². The van der Waals surface area contributed by atoms with Gasteiger partial charge in [0.05, 0.1) is 21.8 Å². The van der Waals surface area contributed by atoms with E-state index in [0.717, 1.165) is 22.6 Å². The fourth-order valence-electron chi connectivity index (χ4n) is 9.05. The fraction of sp³-hybridized carbons (Fsp3) is 0. The van der Waals surface area contributed by atoms with E-state index < -0.39 is 0 Å². The van der Waals surface area contributed by atoms with E-state index in [0.29, 0.717) is 0 Å². The van der Waals surface area contributed by atoms with Gasteiger partial charge in [-0.3, -0.25) is 0 Å². The van der Waals surface area contributed by atoms with Crippen molar-refractivity contribution in [1.82, 2.24) is 0 Å². The molecule has 282 valence electrons. The molecule has 0 fully saturated rings. The molecule has 0 spiro atoms. The zero-order valence-corrected chi connectivity index (χ0v) is 33.7. The average Bonchev–Trinajstić information content (AvgIpc) is 3.72. The van der Waals surface area contributed by atoms with Crippen LogP contribution in [0.15, 0.2) is 237 Å². The number of thiophene rings is 1. The van der Waals surface area contributed by atoms with E-state index in [1.807, 2.05) is 11.3 Å². The highest BCUT2D eigenvalue weighted by Crippen LogP contribution is 2.51. The summed E-state index contributed by atoms with van der Waals surface area (Å²) < 4.78 is 2.54. The normalized spacial score (nSPS) is 11.3. The van der Waals surface area contributed by atoms with Crippen LogP contribution >= 0.6 is 11.3 Å². The third-order valence-electron chi connectivity index (χ3n) is 11.7. The standard InChI is InChI=1S/C58H39NS/c1-3-20-40(21-4-1)43-26-7-8-27-45(43)46-28-9-10-29-47(46)48-30-11-14-36-53(48)59(55-38-19-35-52-50-32-13-16-39-56(50)60-58(52)55)54-37-15-12-31-49(54)51-34-18-25-42-24-17-33-44(57(42)51)41-22-5-2-6-23-41/h1-39H. The third-order valence-corrected chi connectivity index (χ3v) is 12.9. The summed E-state index contributed by atoms with van der Waals surface area (Å²) in [7, 11) is 0. The molecule has 60 heavy (non-hydrogen) atoms. The summed E-state index contributed by atoms with van der Waals surface area (Å²) in [5, 5.41) is 5.01. The van der Waals surface area contributed by atoms with Gasteiger partial charge < -0.3 is 4.90 Å². The molecule has 0 amide bonds. The summed E-state index contributed by atoms with van der Waals surface area (Å²) in [4.78, 5) is 2.53. The molecule has 11 rings (SSSR count). The monoisotopic (exact) mass is 781 g/mol. The first kappa shape index (κ1) is 35.6. The Morgan fingerprint density at radius 3 is 1.35 bits per heavy atom. The van der Waals surface area contributed by atoms with Crippen molar-refractivity contribution in [3.63, 3.8) is 0 Å². The predicted molar refractivity (Wildman–Crippen MR) is 259 cm³/mol. The summed E-state index contributed by atoms with van der Waals surface area (Å²) in [6.45, 7) is 0. The van der Waals surface area contributed by atoms with Crippen LogP contribution in [0.4, 0.5) is 17.1 Å². The molecule has 0 atom stereocenters. The Kier molecular flexibility index (Phi) is 9.11. The summed E-state index contributed by atoms with van der Waals surface area (Å²) >= 11 is 1.87. The summed E-state index contributed by atoms with van der Waals surface area (Å²) in [5.41, 5.74) is 15.3. The van der Waals surface area contributed by atoms with Crippen LogP contribution in [-0.4, -0.2) is 0 Å². The highest BCUT2D eigenvalue weighted by atomic mass is 32.1. The van der Waals surface area contributed by atoms with Gasteiger partial charge in [0.25, 0.3) is 0 Å². The number of fused-ring (bicyclic) bond motifs is 4. The Morgan fingerprint density at radius 2 is 0.683 bits per heavy atom. The highest BCUT2D eigenvalue weighted by Gasteiger charge is 2.25. The Balaban J connectivity index is 1.20. The molecule has 0 aliphatic heterocycles. The lowest BCUT2D eigenvalue weighted by molar-refractivity contribution is 1.30. The lowest BCUT2D eigenvalue weighted by Gasteiger charge is -2.31. The van der Waals surface area contributed by atoms with Gasteiger partial charge in [-0.25, -0.2) is 0 Å². The maximum absolute atomic E-state index is 2.53. The molecule has 0 unspecified atom stereocenters. The Bertz CT molecular complexity index is 3320. The van der Waals surface area contributed by atoms with Crippen molar-refractivity contribution in [2.24, 2.45) is 0 Å². The van der Waals surface area contributed by atoms with Crippen molar-refractivity contribution < 1.29 is 0 Å². The Morgan fingerprint density at radius 1 is 0.267 bits per heavy atom. The molecule has 1 nitrogen and oxygen atoms in total. The maximum atomic E-state index is 2.53. The Labute approximate surface area is 354 Å². The molecule has 0 N–H and O–H groups in total. The van der Waals surface area contributed by atoms with E-state index in [9.17, 15) is 0 Å². The van der Waals surface area contributed by atoms with Crippen molar-refractivity contribution in [3.05, 3.63) is 237 Å². The molecule has 0 bridgehead atoms. The second-order valence-corrected chi connectivity index (χ2v) is 16.2. The van der Waals surface area contributed by atoms with E-state index in [1.165, 1.54) is 81.0 Å². The van der Waals surface area contributed by atoms with E-state index in [1.54, 1.807) is 0 Å². The number of para-hydroxylation sites is 2. The molecular weight excluding hydrogens is 743 g/mol. The van der Waals surface area contributed by atoms with Gasteiger partial charge in [0.1, 0.15) is 0 Å². The van der Waals surface area contributed by atoms with E-state index in [4.69, 9.17) is 0 Å². The first-order valence-electron chi connectivity index (χ1n) is 20.5. The predicted octanol–water partition coefficient (Wildman–Crippen LogP) is 17.0. The Hall–Kier alpha value is -7.52. The van der Waals surface area contributed by atoms with Crippen molar-refractivity contribution >= 4 is 59.3 Å². The van der Waals surface area contributed by atoms with Crippen molar-refractivity contribution in [3.8, 4) is 55.6 Å². The zero-order chi connectivity index (χ0) is 39.8. The number of hydrogen-bond donors (Lipinski definition) is 0. The zero-order valence-electron chi connectivity index (χ0n) is 32.9. The number of rotatable bonds is 8. The second-order valence-electron chi connectivity index (χ2n) is 15.2. The topological polar surface area (TPSA) is 3.24 Å². The first-order chi connectivity index (χ1) is 29.8. The van der Waals surface area contributed by atoms with Gasteiger partial charge in [0, 0.05) is 26.6 Å². The molecule has 0 saturated carbocycles. The molecule has 0 aliphatic carbocycles. The first-order valence-corrected chi connectivity index (χ1v) is 21.3. The quantitative estimate of drug-likeness (QED) is 0.148. The molecule has 1 aromatic heterocycles. The van der Waals surface area contributed by atoms with Crippen LogP contribution in [0.3, 0.4) is 0 Å². The van der Waals surface area contributed by atoms with Crippen molar-refractivity contribution in [2.75, 3.05) is 4.90 Å². The highest BCUT2D eigenvalue weighted by molar-refractivity contribution is 7.26. The van der Waals surface area contributed by atoms with Crippen LogP contribution in [0.25, 0.3) is 86.6 Å². The SMILES string of the molecule is c1ccc(-c2ccccc2-c2ccccc2-c2ccccc2N(c2ccccc2-c2cccc3cccc(-c4ccccc4)c23)c2cccc3c2sc2ccccc23)cc1. The molecular formula is C58H39NS. The van der Waals surface area contributed by atoms with E-state index in [-0.39, 0.29) is 0 Å². The summed E-state index contributed by atoms with van der Waals surface area (Å²) in [5.74, 6) is 0. The van der Waals surface area contributed by atoms with Gasteiger partial charge in [-0.2, -0.15) is 0 Å². The largest absolute Gasteiger partial charge is 0.308 e. The molecule has 2 heteroatoms. The lowest BCUT2D eigenvalue weighted by Crippen LogP contribution is -2.13. The number of anilines is 3. The summed E-state index contributed by atoms with van der Waals surface area (Å²) in [6.07, 6.45) is 0. The van der Waals surface area contributed by atoms with Gasteiger partial charge >= 0.3 is 0 Å². The molecule has 0 radical (unpaired) electrons. The number of benzene rings is 10. The molecule has 10 aromatic carbocycles. The second kappa shape index (κ2) is 15.3. The van der Waals surface area contributed by atoms with Crippen LogP contribution in [0.1, 0.15) is 0 Å². The van der Waals surface area contributed by atoms with Gasteiger partial charge in [-0.1, -0.05) is 212 Å². The molecule has 0 saturated heterocycles. The van der Waals surface area contributed by atoms with Crippen LogP contribution in [-0.2, 0) is 0 Å². The number of hydrogen-bond acceptors (Lipinski definition) is 2. The van der Waals surface area contributed by atoms with E-state index >= 15 is 0 Å². The van der Waals surface area contributed by atoms with Crippen LogP contribution < -0.4 is 4.90 Å². The van der Waals surface area contributed by atoms with Gasteiger partial charge in [-0.15, -0.1) is 11.3 Å². The fourth-order valence-corrected chi connectivity index (χ4v) is 10.3. The lowest BCUT2D eigenvalue weighted by atomic mass is 9.88. The van der Waals surface area contributed by atoms with Crippen LogP contribution in [0, 0.1) is 0 Å². The van der Waals surface area contributed by atoms with Crippen LogP contribution in [0.2, 0.25) is 0 Å². The number of nitrogens with zero attached hydrogens (tertiary/aromatic N) is 1. The molecule has 11 aromatic rings. The smallest absolute Gasteiger partial charge is 0.0640 e. The minimum atomic E-state index is 1.11. The van der Waals surface area contributed by atoms with Gasteiger partial charge in [0.15, 0.2) is 0 Å². The van der Waals surface area contributed by atoms with Crippen molar-refractivity contribution in [1.29, 1.82) is 0 Å². The molecule has 1 heterocycles. The van der Waals surface area contributed by atoms with Gasteiger partial charge in [-0.05, 0) is 79.5 Å². The average molecular weight is 782 g/mol. The van der Waals surface area contributed by atoms with Crippen LogP contribution in [0.5, 0.6) is 0 Å². The molecule has 0 aliphatic rings. The minimum absolute atomic E-state index is 1.11. The van der Waals surface area contributed by atoms with Crippen molar-refractivity contribution in [2.45, 2.75) is 0 Å². The third kappa shape index (κ3) is 6.17. The summed E-state index contributed by atoms with van der Waals surface area (Å²) in [6, 6.07) is 86.2.